The van der Waals surface area contributed by atoms with Crippen molar-refractivity contribution in [2.75, 3.05) is 0 Å². The van der Waals surface area contributed by atoms with E-state index in [-0.39, 0.29) is 11.9 Å². The fourth-order valence-electron chi connectivity index (χ4n) is 2.07. The fourth-order valence-corrected chi connectivity index (χ4v) is 2.07. The third-order valence-corrected chi connectivity index (χ3v) is 3.34. The maximum Gasteiger partial charge on any atom is 0.237 e. The van der Waals surface area contributed by atoms with Crippen LogP contribution in [0.15, 0.2) is 28.8 Å². The summed E-state index contributed by atoms with van der Waals surface area (Å²) < 4.78 is 5.20. The molecule has 1 atom stereocenters. The Bertz CT molecular complexity index is 589. The third kappa shape index (κ3) is 2.76. The van der Waals surface area contributed by atoms with E-state index >= 15 is 0 Å². The molecule has 100 valence electrons. The summed E-state index contributed by atoms with van der Waals surface area (Å²) in [6.45, 7) is 2.28. The van der Waals surface area contributed by atoms with Gasteiger partial charge in [0.2, 0.25) is 5.91 Å². The monoisotopic (exact) mass is 259 g/mol. The highest BCUT2D eigenvalue weighted by atomic mass is 16.5. The van der Waals surface area contributed by atoms with Crippen molar-refractivity contribution in [1.82, 2.24) is 15.8 Å². The van der Waals surface area contributed by atoms with Crippen LogP contribution in [0.3, 0.4) is 0 Å². The van der Waals surface area contributed by atoms with Gasteiger partial charge in [0.05, 0.1) is 12.6 Å². The number of amides is 1. The lowest BCUT2D eigenvalue weighted by molar-refractivity contribution is -0.123. The van der Waals surface area contributed by atoms with Crippen LogP contribution in [0.5, 0.6) is 0 Å². The molecule has 0 aliphatic heterocycles. The fraction of sp³-hybridized carbons (Fsp3) is 0.429. The Morgan fingerprint density at radius 2 is 2.26 bits per heavy atom. The molecule has 1 saturated carbocycles. The lowest BCUT2D eigenvalue weighted by Crippen LogP contribution is -2.42. The summed E-state index contributed by atoms with van der Waals surface area (Å²) in [5.41, 5.74) is 1.51. The molecule has 0 spiro atoms. The molecule has 2 aromatic rings. The molecule has 2 N–H and O–H groups in total. The van der Waals surface area contributed by atoms with Gasteiger partial charge in [-0.1, -0.05) is 17.3 Å². The number of nitrogens with zero attached hydrogens (tertiary/aromatic N) is 1. The van der Waals surface area contributed by atoms with E-state index in [9.17, 15) is 4.79 Å². The highest BCUT2D eigenvalue weighted by Crippen LogP contribution is 2.19. The number of nitrogens with one attached hydrogen (secondary N) is 2. The third-order valence-electron chi connectivity index (χ3n) is 3.34. The van der Waals surface area contributed by atoms with Crippen molar-refractivity contribution in [3.05, 3.63) is 30.0 Å². The lowest BCUT2D eigenvalue weighted by Gasteiger charge is -2.12. The Kier molecular flexibility index (Phi) is 3.21. The van der Waals surface area contributed by atoms with Gasteiger partial charge in [0.25, 0.3) is 0 Å². The number of fused-ring (bicyclic) bond motifs is 1. The number of carbonyl (C=O) groups excluding carboxylic acids is 1. The zero-order valence-electron chi connectivity index (χ0n) is 10.8. The molecule has 5 heteroatoms. The van der Waals surface area contributed by atoms with Gasteiger partial charge in [0.15, 0.2) is 5.58 Å². The van der Waals surface area contributed by atoms with E-state index in [2.05, 4.69) is 15.8 Å². The van der Waals surface area contributed by atoms with Crippen molar-refractivity contribution < 1.29 is 9.32 Å². The van der Waals surface area contributed by atoms with Crippen LogP contribution in [-0.2, 0) is 11.3 Å². The molecule has 5 nitrogen and oxygen atoms in total. The van der Waals surface area contributed by atoms with Gasteiger partial charge in [-0.3, -0.25) is 4.79 Å². The minimum atomic E-state index is -0.161. The molecule has 3 rings (SSSR count). The second-order valence-corrected chi connectivity index (χ2v) is 5.01. The summed E-state index contributed by atoms with van der Waals surface area (Å²) >= 11 is 0. The predicted molar refractivity (Wildman–Crippen MR) is 71.5 cm³/mol. The zero-order valence-corrected chi connectivity index (χ0v) is 10.8. The van der Waals surface area contributed by atoms with Crippen LogP contribution < -0.4 is 10.6 Å². The summed E-state index contributed by atoms with van der Waals surface area (Å²) in [5, 5.41) is 11.1. The minimum Gasteiger partial charge on any atom is -0.356 e. The number of aromatic nitrogens is 1. The molecule has 0 saturated heterocycles. The van der Waals surface area contributed by atoms with Crippen LogP contribution in [0.1, 0.15) is 25.5 Å². The molecule has 1 heterocycles. The van der Waals surface area contributed by atoms with Gasteiger partial charge in [0.1, 0.15) is 5.69 Å². The molecule has 0 radical (unpaired) electrons. The van der Waals surface area contributed by atoms with E-state index < -0.39 is 0 Å². The van der Waals surface area contributed by atoms with E-state index in [1.165, 1.54) is 12.8 Å². The molecule has 1 amide bonds. The molecule has 1 aliphatic rings. The largest absolute Gasteiger partial charge is 0.356 e. The minimum absolute atomic E-state index is 0.000943. The van der Waals surface area contributed by atoms with Gasteiger partial charge >= 0.3 is 0 Å². The molecule has 19 heavy (non-hydrogen) atoms. The quantitative estimate of drug-likeness (QED) is 0.855. The second-order valence-electron chi connectivity index (χ2n) is 5.01. The van der Waals surface area contributed by atoms with Gasteiger partial charge in [-0.25, -0.2) is 0 Å². The van der Waals surface area contributed by atoms with Crippen molar-refractivity contribution in [3.8, 4) is 0 Å². The average Bonchev–Trinajstić information content (AvgIpc) is 3.14. The molecule has 1 aromatic heterocycles. The Labute approximate surface area is 111 Å². The van der Waals surface area contributed by atoms with Gasteiger partial charge in [-0.15, -0.1) is 0 Å². The van der Waals surface area contributed by atoms with E-state index in [1.807, 2.05) is 31.2 Å². The predicted octanol–water partition coefficient (Wildman–Crippen LogP) is 1.58. The summed E-state index contributed by atoms with van der Waals surface area (Å²) in [6, 6.07) is 8.00. The number of benzene rings is 1. The van der Waals surface area contributed by atoms with Crippen molar-refractivity contribution in [2.24, 2.45) is 0 Å². The van der Waals surface area contributed by atoms with Gasteiger partial charge in [-0.05, 0) is 31.9 Å². The maximum atomic E-state index is 11.9. The van der Waals surface area contributed by atoms with Crippen LogP contribution in [0, 0.1) is 0 Å². The van der Waals surface area contributed by atoms with Crippen molar-refractivity contribution in [2.45, 2.75) is 38.4 Å². The molecule has 1 unspecified atom stereocenters. The van der Waals surface area contributed by atoms with Crippen LogP contribution in [0.25, 0.3) is 11.0 Å². The topological polar surface area (TPSA) is 67.2 Å². The smallest absolute Gasteiger partial charge is 0.237 e. The van der Waals surface area contributed by atoms with Gasteiger partial charge in [0, 0.05) is 11.4 Å². The van der Waals surface area contributed by atoms with E-state index in [4.69, 9.17) is 4.52 Å². The Hall–Kier alpha value is -1.88. The van der Waals surface area contributed by atoms with Crippen molar-refractivity contribution in [1.29, 1.82) is 0 Å². The SMILES string of the molecule is CC(NC1CC1)C(=O)NCc1noc2ccccc12. The number of rotatable bonds is 5. The summed E-state index contributed by atoms with van der Waals surface area (Å²) in [5.74, 6) is -0.000943. The molecular weight excluding hydrogens is 242 g/mol. The highest BCUT2D eigenvalue weighted by molar-refractivity contribution is 5.83. The average molecular weight is 259 g/mol. The first-order chi connectivity index (χ1) is 9.24. The normalized spacial score (nSPS) is 16.5. The molecule has 1 fully saturated rings. The van der Waals surface area contributed by atoms with Crippen LogP contribution >= 0.6 is 0 Å². The summed E-state index contributed by atoms with van der Waals surface area (Å²) in [7, 11) is 0. The van der Waals surface area contributed by atoms with Crippen molar-refractivity contribution in [3.63, 3.8) is 0 Å². The Morgan fingerprint density at radius 1 is 1.47 bits per heavy atom. The second kappa shape index (κ2) is 5.01. The van der Waals surface area contributed by atoms with Crippen molar-refractivity contribution >= 4 is 16.9 Å². The Morgan fingerprint density at radius 3 is 3.05 bits per heavy atom. The molecule has 0 bridgehead atoms. The zero-order chi connectivity index (χ0) is 13.2. The standard InChI is InChI=1S/C14H17N3O2/c1-9(16-10-6-7-10)14(18)15-8-12-11-4-2-3-5-13(11)19-17-12/h2-5,9-10,16H,6-8H2,1H3,(H,15,18). The Balaban J connectivity index is 1.60. The van der Waals surface area contributed by atoms with Crippen LogP contribution in [-0.4, -0.2) is 23.1 Å². The highest BCUT2D eigenvalue weighted by Gasteiger charge is 2.25. The number of hydrogen-bond donors (Lipinski definition) is 2. The number of carbonyl (C=O) groups is 1. The first kappa shape index (κ1) is 12.2. The van der Waals surface area contributed by atoms with Crippen LogP contribution in [0.2, 0.25) is 0 Å². The van der Waals surface area contributed by atoms with E-state index in [1.54, 1.807) is 0 Å². The number of para-hydroxylation sites is 1. The van der Waals surface area contributed by atoms with Gasteiger partial charge in [-0.2, -0.15) is 0 Å². The first-order valence-corrected chi connectivity index (χ1v) is 6.61. The first-order valence-electron chi connectivity index (χ1n) is 6.61. The number of hydrogen-bond acceptors (Lipinski definition) is 4. The summed E-state index contributed by atoms with van der Waals surface area (Å²) in [6.07, 6.45) is 2.34. The maximum absolute atomic E-state index is 11.9. The van der Waals surface area contributed by atoms with E-state index in [0.717, 1.165) is 16.7 Å². The summed E-state index contributed by atoms with van der Waals surface area (Å²) in [4.78, 5) is 11.9. The molecule has 1 aliphatic carbocycles. The van der Waals surface area contributed by atoms with Crippen LogP contribution in [0.4, 0.5) is 0 Å². The molecular formula is C14H17N3O2. The molecule has 1 aromatic carbocycles. The lowest BCUT2D eigenvalue weighted by atomic mass is 10.2. The van der Waals surface area contributed by atoms with Gasteiger partial charge < -0.3 is 15.2 Å². The van der Waals surface area contributed by atoms with E-state index in [0.29, 0.717) is 12.6 Å².